The van der Waals surface area contributed by atoms with Gasteiger partial charge in [-0.25, -0.2) is 10.3 Å². The van der Waals surface area contributed by atoms with Crippen molar-refractivity contribution < 1.29 is 9.63 Å². The second-order valence-corrected chi connectivity index (χ2v) is 3.92. The first-order valence-corrected chi connectivity index (χ1v) is 5.35. The van der Waals surface area contributed by atoms with Crippen molar-refractivity contribution in [3.63, 3.8) is 0 Å². The molecule has 1 fully saturated rings. The Bertz CT molecular complexity index is 185. The predicted octanol–water partition coefficient (Wildman–Crippen LogP) is 1.82. The van der Waals surface area contributed by atoms with Crippen LogP contribution >= 0.6 is 0 Å². The lowest BCUT2D eigenvalue weighted by Crippen LogP contribution is -2.43. The lowest BCUT2D eigenvalue weighted by molar-refractivity contribution is 0.104. The fraction of sp³-hybridized carbons (Fsp3) is 0.900. The van der Waals surface area contributed by atoms with E-state index in [4.69, 9.17) is 0 Å². The van der Waals surface area contributed by atoms with E-state index in [-0.39, 0.29) is 6.03 Å². The molecule has 1 saturated carbocycles. The van der Waals surface area contributed by atoms with E-state index in [1.807, 2.05) is 0 Å². The highest BCUT2D eigenvalue weighted by Crippen LogP contribution is 2.26. The van der Waals surface area contributed by atoms with Crippen molar-refractivity contribution in [3.8, 4) is 0 Å². The summed E-state index contributed by atoms with van der Waals surface area (Å²) in [6, 6.07) is 0.0955. The smallest absolute Gasteiger partial charge is 0.334 e. The molecule has 1 aliphatic carbocycles. The summed E-state index contributed by atoms with van der Waals surface area (Å²) >= 11 is 0. The lowest BCUT2D eigenvalue weighted by Gasteiger charge is -2.28. The summed E-state index contributed by atoms with van der Waals surface area (Å²) in [4.78, 5) is 15.7. The van der Waals surface area contributed by atoms with Crippen LogP contribution in [0.4, 0.5) is 4.79 Å². The number of hydrogen-bond donors (Lipinski definition) is 2. The fourth-order valence-corrected chi connectivity index (χ4v) is 2.10. The van der Waals surface area contributed by atoms with Gasteiger partial charge in [0.05, 0.1) is 7.11 Å². The third-order valence-electron chi connectivity index (χ3n) is 2.89. The van der Waals surface area contributed by atoms with Crippen LogP contribution in [0.2, 0.25) is 0 Å². The first kappa shape index (κ1) is 11.3. The van der Waals surface area contributed by atoms with Gasteiger partial charge in [0.25, 0.3) is 0 Å². The summed E-state index contributed by atoms with van der Waals surface area (Å²) in [5, 5.41) is 2.91. The van der Waals surface area contributed by atoms with Gasteiger partial charge in [0.1, 0.15) is 0 Å². The molecule has 82 valence electrons. The van der Waals surface area contributed by atoms with E-state index in [2.05, 4.69) is 22.6 Å². The minimum atomic E-state index is -0.228. The summed E-state index contributed by atoms with van der Waals surface area (Å²) < 4.78 is 0. The van der Waals surface area contributed by atoms with Gasteiger partial charge < -0.3 is 5.32 Å². The van der Waals surface area contributed by atoms with Crippen molar-refractivity contribution in [2.75, 3.05) is 7.11 Å². The third-order valence-corrected chi connectivity index (χ3v) is 2.89. The molecule has 2 amide bonds. The lowest BCUT2D eigenvalue weighted by atomic mass is 9.84. The Morgan fingerprint density at radius 1 is 1.50 bits per heavy atom. The molecule has 0 aromatic heterocycles. The molecule has 0 aromatic carbocycles. The topological polar surface area (TPSA) is 50.4 Å². The molecule has 0 saturated heterocycles. The second-order valence-electron chi connectivity index (χ2n) is 3.92. The molecule has 0 aromatic rings. The summed E-state index contributed by atoms with van der Waals surface area (Å²) in [5.74, 6) is 0.775. The average molecular weight is 200 g/mol. The van der Waals surface area contributed by atoms with Crippen LogP contribution in [-0.2, 0) is 4.84 Å². The minimum Gasteiger partial charge on any atom is -0.334 e. The number of rotatable bonds is 3. The van der Waals surface area contributed by atoms with E-state index < -0.39 is 0 Å². The van der Waals surface area contributed by atoms with E-state index in [1.54, 1.807) is 0 Å². The van der Waals surface area contributed by atoms with E-state index in [9.17, 15) is 4.79 Å². The summed E-state index contributed by atoms with van der Waals surface area (Å²) in [6.45, 7) is 2.21. The van der Waals surface area contributed by atoms with Gasteiger partial charge in [0, 0.05) is 6.04 Å². The Labute approximate surface area is 85.3 Å². The molecule has 14 heavy (non-hydrogen) atoms. The Morgan fingerprint density at radius 3 is 2.93 bits per heavy atom. The average Bonchev–Trinajstić information content (AvgIpc) is 2.18. The number of carbonyl (C=O) groups is 1. The van der Waals surface area contributed by atoms with Crippen molar-refractivity contribution in [1.82, 2.24) is 10.8 Å². The molecule has 0 bridgehead atoms. The maximum Gasteiger partial charge on any atom is 0.338 e. The molecule has 0 aliphatic heterocycles. The van der Waals surface area contributed by atoms with Gasteiger partial charge in [-0.2, -0.15) is 0 Å². The van der Waals surface area contributed by atoms with Gasteiger partial charge in [-0.15, -0.1) is 0 Å². The number of hydroxylamine groups is 1. The van der Waals surface area contributed by atoms with Crippen LogP contribution < -0.4 is 10.8 Å². The van der Waals surface area contributed by atoms with E-state index >= 15 is 0 Å². The highest BCUT2D eigenvalue weighted by Gasteiger charge is 2.21. The van der Waals surface area contributed by atoms with Crippen molar-refractivity contribution in [1.29, 1.82) is 0 Å². The molecule has 4 heteroatoms. The summed E-state index contributed by atoms with van der Waals surface area (Å²) in [6.07, 6.45) is 5.93. The van der Waals surface area contributed by atoms with Gasteiger partial charge in [-0.1, -0.05) is 26.2 Å². The SMILES string of the molecule is CC[C@H]1CCC[C@H](NC(=O)NOC)C1. The highest BCUT2D eigenvalue weighted by molar-refractivity contribution is 5.72. The molecule has 1 rings (SSSR count). The molecule has 0 heterocycles. The van der Waals surface area contributed by atoms with Gasteiger partial charge in [0.15, 0.2) is 0 Å². The van der Waals surface area contributed by atoms with E-state index in [0.29, 0.717) is 6.04 Å². The van der Waals surface area contributed by atoms with Crippen LogP contribution in [0.1, 0.15) is 39.0 Å². The maximum atomic E-state index is 11.2. The molecular formula is C10H20N2O2. The molecular weight excluding hydrogens is 180 g/mol. The van der Waals surface area contributed by atoms with Crippen LogP contribution in [0, 0.1) is 5.92 Å². The zero-order valence-electron chi connectivity index (χ0n) is 9.01. The Kier molecular flexibility index (Phi) is 4.73. The standard InChI is InChI=1S/C10H20N2O2/c1-3-8-5-4-6-9(7-8)11-10(13)12-14-2/h8-9H,3-7H2,1-2H3,(H2,11,12,13)/t8-,9-/m0/s1. The fourth-order valence-electron chi connectivity index (χ4n) is 2.10. The van der Waals surface area contributed by atoms with Gasteiger partial charge in [-0.3, -0.25) is 4.84 Å². The third kappa shape index (κ3) is 3.54. The van der Waals surface area contributed by atoms with Crippen molar-refractivity contribution >= 4 is 6.03 Å². The van der Waals surface area contributed by atoms with Crippen molar-refractivity contribution in [2.24, 2.45) is 5.92 Å². The Morgan fingerprint density at radius 2 is 2.29 bits per heavy atom. The number of amides is 2. The van der Waals surface area contributed by atoms with E-state index in [0.717, 1.165) is 18.8 Å². The molecule has 0 radical (unpaired) electrons. The quantitative estimate of drug-likeness (QED) is 0.683. The van der Waals surface area contributed by atoms with Crippen molar-refractivity contribution in [3.05, 3.63) is 0 Å². The zero-order valence-corrected chi connectivity index (χ0v) is 9.01. The Hall–Kier alpha value is -0.770. The second kappa shape index (κ2) is 5.86. The number of nitrogens with one attached hydrogen (secondary N) is 2. The van der Waals surface area contributed by atoms with Crippen LogP contribution in [0.25, 0.3) is 0 Å². The first-order valence-electron chi connectivity index (χ1n) is 5.35. The normalized spacial score (nSPS) is 27.0. The first-order chi connectivity index (χ1) is 6.76. The van der Waals surface area contributed by atoms with Crippen LogP contribution in [-0.4, -0.2) is 19.2 Å². The number of carbonyl (C=O) groups excluding carboxylic acids is 1. The molecule has 4 nitrogen and oxygen atoms in total. The molecule has 0 spiro atoms. The van der Waals surface area contributed by atoms with Gasteiger partial charge in [-0.05, 0) is 18.8 Å². The monoisotopic (exact) mass is 200 g/mol. The molecule has 1 aliphatic rings. The molecule has 2 atom stereocenters. The number of hydrogen-bond acceptors (Lipinski definition) is 2. The zero-order chi connectivity index (χ0) is 10.4. The van der Waals surface area contributed by atoms with E-state index in [1.165, 1.54) is 26.4 Å². The highest BCUT2D eigenvalue weighted by atomic mass is 16.6. The van der Waals surface area contributed by atoms with Crippen LogP contribution in [0.5, 0.6) is 0 Å². The van der Waals surface area contributed by atoms with Gasteiger partial charge >= 0.3 is 6.03 Å². The predicted molar refractivity (Wildman–Crippen MR) is 54.7 cm³/mol. The van der Waals surface area contributed by atoms with Crippen LogP contribution in [0.3, 0.4) is 0 Å². The van der Waals surface area contributed by atoms with Gasteiger partial charge in [0.2, 0.25) is 0 Å². The Balaban J connectivity index is 2.26. The number of urea groups is 1. The summed E-state index contributed by atoms with van der Waals surface area (Å²) in [7, 11) is 1.44. The molecule has 0 unspecified atom stereocenters. The largest absolute Gasteiger partial charge is 0.338 e. The molecule has 2 N–H and O–H groups in total. The minimum absolute atomic E-state index is 0.228. The van der Waals surface area contributed by atoms with Crippen LogP contribution in [0.15, 0.2) is 0 Å². The summed E-state index contributed by atoms with van der Waals surface area (Å²) in [5.41, 5.74) is 2.28. The van der Waals surface area contributed by atoms with Crippen molar-refractivity contribution in [2.45, 2.75) is 45.1 Å². The maximum absolute atomic E-state index is 11.2.